The van der Waals surface area contributed by atoms with Crippen LogP contribution in [0.3, 0.4) is 0 Å². The molecule has 1 aliphatic heterocycles. The van der Waals surface area contributed by atoms with Crippen LogP contribution in [-0.4, -0.2) is 20.1 Å². The molecule has 0 radical (unpaired) electrons. The van der Waals surface area contributed by atoms with Gasteiger partial charge in [0.1, 0.15) is 11.5 Å². The molecule has 1 amide bonds. The van der Waals surface area contributed by atoms with Crippen molar-refractivity contribution in [1.29, 1.82) is 0 Å². The predicted molar refractivity (Wildman–Crippen MR) is 86.1 cm³/mol. The molecule has 2 aromatic rings. The lowest BCUT2D eigenvalue weighted by atomic mass is 9.84. The van der Waals surface area contributed by atoms with E-state index in [1.807, 2.05) is 30.3 Å². The van der Waals surface area contributed by atoms with Gasteiger partial charge in [-0.2, -0.15) is 0 Å². The van der Waals surface area contributed by atoms with Crippen molar-refractivity contribution >= 4 is 23.2 Å². The molecule has 5 heteroatoms. The summed E-state index contributed by atoms with van der Waals surface area (Å²) in [7, 11) is 3.19. The molecule has 0 aromatic heterocycles. The van der Waals surface area contributed by atoms with Crippen molar-refractivity contribution in [3.63, 3.8) is 0 Å². The number of carbonyl (C=O) groups excluding carboxylic acids is 1. The summed E-state index contributed by atoms with van der Waals surface area (Å²) in [6.45, 7) is 0. The Labute approximate surface area is 134 Å². The third kappa shape index (κ3) is 2.50. The molecule has 4 nitrogen and oxygen atoms in total. The van der Waals surface area contributed by atoms with Crippen molar-refractivity contribution in [2.75, 3.05) is 19.5 Å². The number of methoxy groups -OCH3 is 2. The van der Waals surface area contributed by atoms with Crippen molar-refractivity contribution in [3.8, 4) is 11.5 Å². The molecule has 1 aliphatic rings. The topological polar surface area (TPSA) is 47.6 Å². The van der Waals surface area contributed by atoms with Crippen molar-refractivity contribution in [2.45, 2.75) is 12.3 Å². The number of halogens is 1. The highest BCUT2D eigenvalue weighted by atomic mass is 35.5. The number of anilines is 1. The van der Waals surface area contributed by atoms with Crippen molar-refractivity contribution < 1.29 is 14.3 Å². The van der Waals surface area contributed by atoms with Crippen molar-refractivity contribution in [2.24, 2.45) is 0 Å². The summed E-state index contributed by atoms with van der Waals surface area (Å²) in [5.74, 6) is 1.13. The van der Waals surface area contributed by atoms with E-state index in [0.29, 0.717) is 28.6 Å². The van der Waals surface area contributed by atoms with Gasteiger partial charge in [0.25, 0.3) is 0 Å². The van der Waals surface area contributed by atoms with Crippen molar-refractivity contribution in [3.05, 3.63) is 52.5 Å². The van der Waals surface area contributed by atoms with Gasteiger partial charge in [-0.1, -0.05) is 29.8 Å². The van der Waals surface area contributed by atoms with Crippen LogP contribution >= 0.6 is 11.6 Å². The van der Waals surface area contributed by atoms with Gasteiger partial charge < -0.3 is 14.8 Å². The van der Waals surface area contributed by atoms with Gasteiger partial charge in [0, 0.05) is 35.1 Å². The summed E-state index contributed by atoms with van der Waals surface area (Å²) in [5, 5.41) is 3.53. The lowest BCUT2D eigenvalue weighted by Crippen LogP contribution is -2.24. The molecule has 0 fully saturated rings. The van der Waals surface area contributed by atoms with E-state index in [4.69, 9.17) is 21.1 Å². The number of nitrogens with one attached hydrogen (secondary N) is 1. The second kappa shape index (κ2) is 5.89. The molecule has 114 valence electrons. The van der Waals surface area contributed by atoms with Gasteiger partial charge in [-0.25, -0.2) is 0 Å². The Kier molecular flexibility index (Phi) is 3.94. The number of rotatable bonds is 3. The lowest BCUT2D eigenvalue weighted by Gasteiger charge is -2.28. The Morgan fingerprint density at radius 2 is 1.95 bits per heavy atom. The molecule has 0 aliphatic carbocycles. The number of ether oxygens (including phenoxy) is 2. The zero-order chi connectivity index (χ0) is 15.7. The van der Waals surface area contributed by atoms with Crippen LogP contribution in [0.4, 0.5) is 5.69 Å². The number of amides is 1. The molecule has 1 N–H and O–H groups in total. The number of fused-ring (bicyclic) bond motifs is 1. The quantitative estimate of drug-likeness (QED) is 0.936. The van der Waals surface area contributed by atoms with Crippen LogP contribution in [0.25, 0.3) is 0 Å². The van der Waals surface area contributed by atoms with Crippen LogP contribution < -0.4 is 14.8 Å². The van der Waals surface area contributed by atoms with Gasteiger partial charge in [-0.3, -0.25) is 4.79 Å². The lowest BCUT2D eigenvalue weighted by molar-refractivity contribution is -0.116. The summed E-state index contributed by atoms with van der Waals surface area (Å²) >= 11 is 6.33. The molecule has 1 heterocycles. The zero-order valence-electron chi connectivity index (χ0n) is 12.4. The minimum absolute atomic E-state index is 0.0484. The highest BCUT2D eigenvalue weighted by Gasteiger charge is 2.31. The van der Waals surface area contributed by atoms with Gasteiger partial charge in [0.2, 0.25) is 5.91 Å². The largest absolute Gasteiger partial charge is 0.497 e. The Morgan fingerprint density at radius 1 is 1.18 bits per heavy atom. The van der Waals surface area contributed by atoms with Crippen LogP contribution in [0.1, 0.15) is 23.5 Å². The Balaban J connectivity index is 2.20. The first kappa shape index (κ1) is 14.7. The van der Waals surface area contributed by atoms with Gasteiger partial charge >= 0.3 is 0 Å². The molecular formula is C17H16ClNO3. The molecular weight excluding hydrogens is 302 g/mol. The summed E-state index contributed by atoms with van der Waals surface area (Å²) < 4.78 is 10.8. The van der Waals surface area contributed by atoms with E-state index < -0.39 is 0 Å². The molecule has 0 saturated heterocycles. The number of hydrogen-bond acceptors (Lipinski definition) is 3. The van der Waals surface area contributed by atoms with Gasteiger partial charge in [0.05, 0.1) is 19.9 Å². The van der Waals surface area contributed by atoms with Crippen LogP contribution in [-0.2, 0) is 4.79 Å². The average Bonchev–Trinajstić information content (AvgIpc) is 2.53. The Morgan fingerprint density at radius 3 is 2.64 bits per heavy atom. The second-order valence-electron chi connectivity index (χ2n) is 5.12. The maximum Gasteiger partial charge on any atom is 0.225 e. The maximum absolute atomic E-state index is 12.1. The SMILES string of the molecule is COc1cc2c(c(OC)c1)[C@H](c1ccccc1Cl)CC(=O)N2. The van der Waals surface area contributed by atoms with E-state index in [9.17, 15) is 4.79 Å². The molecule has 0 saturated carbocycles. The van der Waals surface area contributed by atoms with E-state index >= 15 is 0 Å². The van der Waals surface area contributed by atoms with E-state index in [2.05, 4.69) is 5.32 Å². The van der Waals surface area contributed by atoms with Crippen molar-refractivity contribution in [1.82, 2.24) is 0 Å². The van der Waals surface area contributed by atoms with E-state index in [0.717, 1.165) is 11.1 Å². The standard InChI is InChI=1S/C17H16ClNO3/c1-21-10-7-14-17(15(8-10)22-2)12(9-16(20)19-14)11-5-3-4-6-13(11)18/h3-8,12H,9H2,1-2H3,(H,19,20)/t12-/m0/s1. The number of carbonyl (C=O) groups is 1. The van der Waals surface area contributed by atoms with Gasteiger partial charge in [0.15, 0.2) is 0 Å². The predicted octanol–water partition coefficient (Wildman–Crippen LogP) is 3.83. The summed E-state index contributed by atoms with van der Waals surface area (Å²) in [6.07, 6.45) is 0.333. The molecule has 2 aromatic carbocycles. The third-order valence-corrected chi connectivity index (χ3v) is 4.21. The van der Waals surface area contributed by atoms with E-state index in [-0.39, 0.29) is 11.8 Å². The minimum Gasteiger partial charge on any atom is -0.497 e. The highest BCUT2D eigenvalue weighted by Crippen LogP contribution is 2.46. The Hall–Kier alpha value is -2.20. The molecule has 1 atom stereocenters. The zero-order valence-corrected chi connectivity index (χ0v) is 13.1. The monoisotopic (exact) mass is 317 g/mol. The third-order valence-electron chi connectivity index (χ3n) is 3.86. The normalized spacial score (nSPS) is 16.7. The fraction of sp³-hybridized carbons (Fsp3) is 0.235. The van der Waals surface area contributed by atoms with E-state index in [1.54, 1.807) is 20.3 Å². The van der Waals surface area contributed by atoms with Gasteiger partial charge in [-0.15, -0.1) is 0 Å². The average molecular weight is 318 g/mol. The fourth-order valence-corrected chi connectivity index (χ4v) is 3.13. The smallest absolute Gasteiger partial charge is 0.225 e. The molecule has 0 spiro atoms. The van der Waals surface area contributed by atoms with Crippen LogP contribution in [0, 0.1) is 0 Å². The fourth-order valence-electron chi connectivity index (χ4n) is 2.86. The first-order valence-corrected chi connectivity index (χ1v) is 7.32. The number of benzene rings is 2. The molecule has 22 heavy (non-hydrogen) atoms. The highest BCUT2D eigenvalue weighted by molar-refractivity contribution is 6.31. The Bertz CT molecular complexity index is 730. The summed E-state index contributed by atoms with van der Waals surface area (Å²) in [5.41, 5.74) is 2.55. The van der Waals surface area contributed by atoms with Crippen LogP contribution in [0.15, 0.2) is 36.4 Å². The van der Waals surface area contributed by atoms with Crippen LogP contribution in [0.5, 0.6) is 11.5 Å². The molecule has 0 bridgehead atoms. The summed E-state index contributed by atoms with van der Waals surface area (Å²) in [6, 6.07) is 11.2. The van der Waals surface area contributed by atoms with E-state index in [1.165, 1.54) is 0 Å². The first-order valence-electron chi connectivity index (χ1n) is 6.94. The molecule has 3 rings (SSSR count). The first-order chi connectivity index (χ1) is 10.6. The maximum atomic E-state index is 12.1. The summed E-state index contributed by atoms with van der Waals surface area (Å²) in [4.78, 5) is 12.1. The van der Waals surface area contributed by atoms with Gasteiger partial charge in [-0.05, 0) is 11.6 Å². The minimum atomic E-state index is -0.140. The van der Waals surface area contributed by atoms with Crippen LogP contribution in [0.2, 0.25) is 5.02 Å². The number of hydrogen-bond donors (Lipinski definition) is 1. The second-order valence-corrected chi connectivity index (χ2v) is 5.52. The molecule has 0 unspecified atom stereocenters.